The molecule has 0 radical (unpaired) electrons. The molecule has 0 aliphatic heterocycles. The van der Waals surface area contributed by atoms with Crippen molar-refractivity contribution in [2.45, 2.75) is 13.8 Å². The third-order valence-electron chi connectivity index (χ3n) is 2.47. The molecule has 2 rings (SSSR count). The SMILES string of the molecule is CC(C)COC(=O)n1c(O)cc2cc(Cl)ccc21. The average Bonchev–Trinajstić information content (AvgIpc) is 2.61. The number of carbonyl (C=O) groups excluding carboxylic acids is 1. The van der Waals surface area contributed by atoms with Crippen LogP contribution in [-0.4, -0.2) is 22.4 Å². The number of ether oxygens (including phenoxy) is 1. The minimum atomic E-state index is -0.585. The molecule has 1 aromatic heterocycles. The van der Waals surface area contributed by atoms with Crippen LogP contribution in [0.5, 0.6) is 5.88 Å². The number of carbonyl (C=O) groups is 1. The van der Waals surface area contributed by atoms with E-state index in [1.54, 1.807) is 18.2 Å². The van der Waals surface area contributed by atoms with E-state index in [0.717, 1.165) is 4.57 Å². The van der Waals surface area contributed by atoms with Gasteiger partial charge in [-0.15, -0.1) is 0 Å². The van der Waals surface area contributed by atoms with Gasteiger partial charge in [0.25, 0.3) is 0 Å². The zero-order chi connectivity index (χ0) is 13.3. The standard InChI is InChI=1S/C13H14ClNO3/c1-8(2)7-18-13(17)15-11-4-3-10(14)5-9(11)6-12(15)16/h3-6,8,16H,7H2,1-2H3. The molecule has 0 saturated heterocycles. The van der Waals surface area contributed by atoms with Crippen molar-refractivity contribution in [1.82, 2.24) is 4.57 Å². The summed E-state index contributed by atoms with van der Waals surface area (Å²) in [6.45, 7) is 4.20. The number of nitrogens with zero attached hydrogens (tertiary/aromatic N) is 1. The van der Waals surface area contributed by atoms with Crippen molar-refractivity contribution in [1.29, 1.82) is 0 Å². The first-order valence-electron chi connectivity index (χ1n) is 5.66. The Hall–Kier alpha value is -1.68. The fourth-order valence-electron chi connectivity index (χ4n) is 1.67. The molecule has 96 valence electrons. The average molecular weight is 268 g/mol. The van der Waals surface area contributed by atoms with Crippen molar-refractivity contribution in [2.75, 3.05) is 6.61 Å². The highest BCUT2D eigenvalue weighted by molar-refractivity contribution is 6.31. The predicted octanol–water partition coefficient (Wildman–Crippen LogP) is 3.64. The van der Waals surface area contributed by atoms with Gasteiger partial charge in [0.05, 0.1) is 12.1 Å². The minimum Gasteiger partial charge on any atom is -0.494 e. The van der Waals surface area contributed by atoms with E-state index in [4.69, 9.17) is 16.3 Å². The summed E-state index contributed by atoms with van der Waals surface area (Å²) >= 11 is 5.86. The molecule has 2 aromatic rings. The number of hydrogen-bond donors (Lipinski definition) is 1. The van der Waals surface area contributed by atoms with Gasteiger partial charge in [-0.2, -0.15) is 0 Å². The zero-order valence-electron chi connectivity index (χ0n) is 10.2. The number of halogens is 1. The lowest BCUT2D eigenvalue weighted by Gasteiger charge is -2.09. The van der Waals surface area contributed by atoms with Crippen molar-refractivity contribution in [3.8, 4) is 5.88 Å². The first-order valence-corrected chi connectivity index (χ1v) is 6.04. The summed E-state index contributed by atoms with van der Waals surface area (Å²) in [7, 11) is 0. The highest BCUT2D eigenvalue weighted by atomic mass is 35.5. The summed E-state index contributed by atoms with van der Waals surface area (Å²) in [6.07, 6.45) is -0.585. The summed E-state index contributed by atoms with van der Waals surface area (Å²) < 4.78 is 6.23. The van der Waals surface area contributed by atoms with Crippen molar-refractivity contribution >= 4 is 28.6 Å². The van der Waals surface area contributed by atoms with Gasteiger partial charge >= 0.3 is 6.09 Å². The van der Waals surface area contributed by atoms with Gasteiger partial charge in [-0.1, -0.05) is 25.4 Å². The molecule has 0 atom stereocenters. The largest absolute Gasteiger partial charge is 0.494 e. The lowest BCUT2D eigenvalue weighted by Crippen LogP contribution is -2.16. The number of fused-ring (bicyclic) bond motifs is 1. The Morgan fingerprint density at radius 3 is 2.83 bits per heavy atom. The van der Waals surface area contributed by atoms with Gasteiger partial charge in [0, 0.05) is 16.5 Å². The quantitative estimate of drug-likeness (QED) is 0.904. The number of rotatable bonds is 2. The summed E-state index contributed by atoms with van der Waals surface area (Å²) in [5, 5.41) is 11.0. The highest BCUT2D eigenvalue weighted by Gasteiger charge is 2.16. The summed E-state index contributed by atoms with van der Waals surface area (Å²) in [6, 6.07) is 6.50. The normalized spacial score (nSPS) is 11.1. The van der Waals surface area contributed by atoms with Crippen molar-refractivity contribution < 1.29 is 14.6 Å². The van der Waals surface area contributed by atoms with Gasteiger partial charge < -0.3 is 9.84 Å². The van der Waals surface area contributed by atoms with E-state index >= 15 is 0 Å². The van der Waals surface area contributed by atoms with E-state index in [1.165, 1.54) is 6.07 Å². The van der Waals surface area contributed by atoms with E-state index in [-0.39, 0.29) is 11.8 Å². The number of aromatic nitrogens is 1. The molecule has 0 saturated carbocycles. The van der Waals surface area contributed by atoms with Crippen molar-refractivity contribution in [2.24, 2.45) is 5.92 Å². The molecule has 0 fully saturated rings. The summed E-state index contributed by atoms with van der Waals surface area (Å²) in [5.74, 6) is 0.0911. The van der Waals surface area contributed by atoms with Crippen LogP contribution in [0, 0.1) is 5.92 Å². The highest BCUT2D eigenvalue weighted by Crippen LogP contribution is 2.27. The molecule has 0 amide bonds. The van der Waals surface area contributed by atoms with Crippen LogP contribution in [0.4, 0.5) is 4.79 Å². The molecule has 1 aromatic carbocycles. The minimum absolute atomic E-state index is 0.152. The molecule has 0 unspecified atom stereocenters. The van der Waals surface area contributed by atoms with Gasteiger partial charge in [-0.05, 0) is 24.1 Å². The topological polar surface area (TPSA) is 51.5 Å². The van der Waals surface area contributed by atoms with Crippen LogP contribution in [0.1, 0.15) is 13.8 Å². The molecule has 0 aliphatic rings. The van der Waals surface area contributed by atoms with Gasteiger partial charge in [0.15, 0.2) is 0 Å². The third-order valence-corrected chi connectivity index (χ3v) is 2.70. The fraction of sp³-hybridized carbons (Fsp3) is 0.308. The van der Waals surface area contributed by atoms with Crippen LogP contribution in [0.2, 0.25) is 5.02 Å². The predicted molar refractivity (Wildman–Crippen MR) is 70.2 cm³/mol. The Balaban J connectivity index is 2.38. The number of benzene rings is 1. The maximum Gasteiger partial charge on any atom is 0.421 e. The molecular weight excluding hydrogens is 254 g/mol. The van der Waals surface area contributed by atoms with Crippen LogP contribution in [0.3, 0.4) is 0 Å². The van der Waals surface area contributed by atoms with E-state index in [9.17, 15) is 9.90 Å². The van der Waals surface area contributed by atoms with E-state index < -0.39 is 6.09 Å². The number of hydrogen-bond acceptors (Lipinski definition) is 3. The molecule has 5 heteroatoms. The molecule has 18 heavy (non-hydrogen) atoms. The molecule has 0 bridgehead atoms. The van der Waals surface area contributed by atoms with Crippen molar-refractivity contribution in [3.05, 3.63) is 29.3 Å². The third kappa shape index (κ3) is 2.43. The first-order chi connectivity index (χ1) is 8.49. The maximum absolute atomic E-state index is 11.9. The van der Waals surface area contributed by atoms with Crippen LogP contribution in [0.15, 0.2) is 24.3 Å². The molecule has 4 nitrogen and oxygen atoms in total. The maximum atomic E-state index is 11.9. The smallest absolute Gasteiger partial charge is 0.421 e. The van der Waals surface area contributed by atoms with Crippen LogP contribution >= 0.6 is 11.6 Å². The van der Waals surface area contributed by atoms with Crippen LogP contribution < -0.4 is 0 Å². The van der Waals surface area contributed by atoms with E-state index in [1.807, 2.05) is 13.8 Å². The summed E-state index contributed by atoms with van der Waals surface area (Å²) in [5.41, 5.74) is 0.575. The van der Waals surface area contributed by atoms with Gasteiger partial charge in [0.2, 0.25) is 5.88 Å². The Morgan fingerprint density at radius 1 is 1.44 bits per heavy atom. The molecule has 0 aliphatic carbocycles. The second-order valence-corrected chi connectivity index (χ2v) is 4.95. The van der Waals surface area contributed by atoms with Crippen LogP contribution in [-0.2, 0) is 4.74 Å². The van der Waals surface area contributed by atoms with Gasteiger partial charge in [-0.25, -0.2) is 9.36 Å². The molecule has 1 N–H and O–H groups in total. The zero-order valence-corrected chi connectivity index (χ0v) is 10.9. The second kappa shape index (κ2) is 4.90. The molecular formula is C13H14ClNO3. The Bertz CT molecular complexity index is 589. The fourth-order valence-corrected chi connectivity index (χ4v) is 1.85. The van der Waals surface area contributed by atoms with Crippen molar-refractivity contribution in [3.63, 3.8) is 0 Å². The van der Waals surface area contributed by atoms with Gasteiger partial charge in [-0.3, -0.25) is 0 Å². The lowest BCUT2D eigenvalue weighted by atomic mass is 10.2. The lowest BCUT2D eigenvalue weighted by molar-refractivity contribution is 0.133. The van der Waals surface area contributed by atoms with Crippen LogP contribution in [0.25, 0.3) is 10.9 Å². The van der Waals surface area contributed by atoms with E-state index in [2.05, 4.69) is 0 Å². The first kappa shape index (κ1) is 12.8. The molecule has 1 heterocycles. The second-order valence-electron chi connectivity index (χ2n) is 4.51. The summed E-state index contributed by atoms with van der Waals surface area (Å²) in [4.78, 5) is 11.9. The van der Waals surface area contributed by atoms with Gasteiger partial charge in [0.1, 0.15) is 0 Å². The Kier molecular flexibility index (Phi) is 3.48. The monoisotopic (exact) mass is 267 g/mol. The molecule has 0 spiro atoms. The van der Waals surface area contributed by atoms with E-state index in [0.29, 0.717) is 22.5 Å². The Morgan fingerprint density at radius 2 is 2.17 bits per heavy atom. The number of aromatic hydroxyl groups is 1. The Labute approximate surface area is 110 Å².